The number of benzene rings is 1. The summed E-state index contributed by atoms with van der Waals surface area (Å²) < 4.78 is 39.5. The van der Waals surface area contributed by atoms with Crippen LogP contribution < -0.4 is 4.90 Å². The second-order valence-corrected chi connectivity index (χ2v) is 5.49. The number of carboxylic acid groups (broad SMARTS) is 1. The lowest BCUT2D eigenvalue weighted by Crippen LogP contribution is -2.37. The molecule has 0 aliphatic carbocycles. The Balaban J connectivity index is 2.11. The van der Waals surface area contributed by atoms with Crippen molar-refractivity contribution in [2.24, 2.45) is 0 Å². The van der Waals surface area contributed by atoms with Gasteiger partial charge in [-0.05, 0) is 18.9 Å². The Morgan fingerprint density at radius 3 is 2.54 bits per heavy atom. The molecule has 0 radical (unpaired) electrons. The third kappa shape index (κ3) is 3.17. The van der Waals surface area contributed by atoms with E-state index in [1.165, 1.54) is 4.90 Å². The summed E-state index contributed by atoms with van der Waals surface area (Å²) in [6.07, 6.45) is -3.72. The van der Waals surface area contributed by atoms with Gasteiger partial charge in [-0.3, -0.25) is 0 Å². The zero-order valence-corrected chi connectivity index (χ0v) is 12.5. The lowest BCUT2D eigenvalue weighted by Gasteiger charge is -2.22. The van der Waals surface area contributed by atoms with E-state index in [0.29, 0.717) is 24.9 Å². The molecule has 0 spiro atoms. The fourth-order valence-corrected chi connectivity index (χ4v) is 2.73. The summed E-state index contributed by atoms with van der Waals surface area (Å²) in [5, 5.41) is 9.24. The number of carboxylic acids is 1. The molecule has 3 rings (SSSR count). The van der Waals surface area contributed by atoms with Crippen molar-refractivity contribution in [3.8, 4) is 11.3 Å². The molecule has 5 nitrogen and oxygen atoms in total. The van der Waals surface area contributed by atoms with Crippen LogP contribution in [0, 0.1) is 0 Å². The van der Waals surface area contributed by atoms with Crippen molar-refractivity contribution < 1.29 is 23.1 Å². The molecule has 1 aromatic carbocycles. The van der Waals surface area contributed by atoms with Crippen molar-refractivity contribution >= 4 is 11.9 Å². The van der Waals surface area contributed by atoms with Crippen LogP contribution in [0.15, 0.2) is 36.4 Å². The van der Waals surface area contributed by atoms with Gasteiger partial charge in [0.1, 0.15) is 6.04 Å². The molecule has 1 aliphatic heterocycles. The van der Waals surface area contributed by atoms with Gasteiger partial charge in [0.25, 0.3) is 0 Å². The first-order valence-corrected chi connectivity index (χ1v) is 7.37. The van der Waals surface area contributed by atoms with Crippen LogP contribution in [0.4, 0.5) is 19.1 Å². The Bertz CT molecular complexity index is 750. The highest BCUT2D eigenvalue weighted by Crippen LogP contribution is 2.33. The van der Waals surface area contributed by atoms with Gasteiger partial charge < -0.3 is 10.0 Å². The fourth-order valence-electron chi connectivity index (χ4n) is 2.73. The maximum atomic E-state index is 13.2. The van der Waals surface area contributed by atoms with Crippen LogP contribution in [0.5, 0.6) is 0 Å². The SMILES string of the molecule is O=C(O)[C@@H]1CCCN1c1nc(-c2ccccc2)cc(C(F)(F)F)n1. The minimum Gasteiger partial charge on any atom is -0.480 e. The van der Waals surface area contributed by atoms with Gasteiger partial charge in [-0.25, -0.2) is 14.8 Å². The minimum atomic E-state index is -4.64. The molecule has 8 heteroatoms. The number of aliphatic carboxylic acids is 1. The molecule has 1 aromatic heterocycles. The fraction of sp³-hybridized carbons (Fsp3) is 0.312. The summed E-state index contributed by atoms with van der Waals surface area (Å²) in [5.41, 5.74) is -0.455. The molecule has 1 saturated heterocycles. The largest absolute Gasteiger partial charge is 0.480 e. The van der Waals surface area contributed by atoms with Crippen LogP contribution in [-0.2, 0) is 11.0 Å². The number of anilines is 1. The van der Waals surface area contributed by atoms with Crippen LogP contribution in [0.3, 0.4) is 0 Å². The maximum Gasteiger partial charge on any atom is 0.433 e. The van der Waals surface area contributed by atoms with E-state index in [1.54, 1.807) is 30.3 Å². The number of halogens is 3. The van der Waals surface area contributed by atoms with Gasteiger partial charge in [0.05, 0.1) is 5.69 Å². The monoisotopic (exact) mass is 337 g/mol. The lowest BCUT2D eigenvalue weighted by atomic mass is 10.1. The number of nitrogens with zero attached hydrogens (tertiary/aromatic N) is 3. The van der Waals surface area contributed by atoms with E-state index in [1.807, 2.05) is 0 Å². The Hall–Kier alpha value is -2.64. The predicted octanol–water partition coefficient (Wildman–Crippen LogP) is 3.22. The Kier molecular flexibility index (Phi) is 4.13. The second kappa shape index (κ2) is 6.10. The quantitative estimate of drug-likeness (QED) is 0.931. The highest BCUT2D eigenvalue weighted by atomic mass is 19.4. The van der Waals surface area contributed by atoms with Gasteiger partial charge in [0, 0.05) is 12.1 Å². The van der Waals surface area contributed by atoms with Gasteiger partial charge in [-0.2, -0.15) is 13.2 Å². The zero-order valence-electron chi connectivity index (χ0n) is 12.5. The molecule has 126 valence electrons. The highest BCUT2D eigenvalue weighted by molar-refractivity contribution is 5.78. The average molecular weight is 337 g/mol. The molecule has 24 heavy (non-hydrogen) atoms. The van der Waals surface area contributed by atoms with Crippen molar-refractivity contribution in [3.63, 3.8) is 0 Å². The number of alkyl halides is 3. The van der Waals surface area contributed by atoms with E-state index in [0.717, 1.165) is 6.07 Å². The molecule has 0 bridgehead atoms. The molecule has 0 amide bonds. The molecule has 1 aliphatic rings. The Morgan fingerprint density at radius 2 is 1.92 bits per heavy atom. The molecular weight excluding hydrogens is 323 g/mol. The first kappa shape index (κ1) is 16.2. The van der Waals surface area contributed by atoms with Gasteiger partial charge in [0.15, 0.2) is 5.69 Å². The van der Waals surface area contributed by atoms with Crippen molar-refractivity contribution in [1.82, 2.24) is 9.97 Å². The number of aromatic nitrogens is 2. The first-order valence-electron chi connectivity index (χ1n) is 7.37. The highest BCUT2D eigenvalue weighted by Gasteiger charge is 2.37. The van der Waals surface area contributed by atoms with Crippen LogP contribution in [0.2, 0.25) is 0 Å². The third-order valence-electron chi connectivity index (χ3n) is 3.87. The van der Waals surface area contributed by atoms with Gasteiger partial charge in [0.2, 0.25) is 5.95 Å². The normalized spacial score (nSPS) is 18.0. The number of rotatable bonds is 3. The average Bonchev–Trinajstić information content (AvgIpc) is 3.04. The number of hydrogen-bond donors (Lipinski definition) is 1. The van der Waals surface area contributed by atoms with Crippen molar-refractivity contribution in [3.05, 3.63) is 42.1 Å². The van der Waals surface area contributed by atoms with Crippen LogP contribution in [-0.4, -0.2) is 33.6 Å². The van der Waals surface area contributed by atoms with E-state index in [9.17, 15) is 23.1 Å². The summed E-state index contributed by atoms with van der Waals surface area (Å²) in [6, 6.07) is 8.40. The molecule has 1 fully saturated rings. The topological polar surface area (TPSA) is 66.3 Å². The second-order valence-electron chi connectivity index (χ2n) is 5.49. The minimum absolute atomic E-state index is 0.115. The van der Waals surface area contributed by atoms with Crippen LogP contribution in [0.1, 0.15) is 18.5 Å². The van der Waals surface area contributed by atoms with E-state index in [2.05, 4.69) is 9.97 Å². The first-order chi connectivity index (χ1) is 11.4. The number of hydrogen-bond acceptors (Lipinski definition) is 4. The van der Waals surface area contributed by atoms with Crippen molar-refractivity contribution in [1.29, 1.82) is 0 Å². The molecular formula is C16H14F3N3O2. The number of carbonyl (C=O) groups is 1. The van der Waals surface area contributed by atoms with Crippen molar-refractivity contribution in [2.75, 3.05) is 11.4 Å². The molecule has 0 saturated carbocycles. The van der Waals surface area contributed by atoms with E-state index < -0.39 is 23.9 Å². The van der Waals surface area contributed by atoms with Gasteiger partial charge >= 0.3 is 12.1 Å². The molecule has 2 aromatic rings. The van der Waals surface area contributed by atoms with Crippen LogP contribution in [0.25, 0.3) is 11.3 Å². The molecule has 0 unspecified atom stereocenters. The lowest BCUT2D eigenvalue weighted by molar-refractivity contribution is -0.141. The standard InChI is InChI=1S/C16H14F3N3O2/c17-16(18,19)13-9-11(10-5-2-1-3-6-10)20-15(21-13)22-8-4-7-12(22)14(23)24/h1-3,5-6,9,12H,4,7-8H2,(H,23,24)/t12-/m0/s1. The van der Waals surface area contributed by atoms with E-state index in [-0.39, 0.29) is 11.6 Å². The summed E-state index contributed by atoms with van der Waals surface area (Å²) in [4.78, 5) is 20.4. The molecule has 1 N–H and O–H groups in total. The van der Waals surface area contributed by atoms with Gasteiger partial charge in [-0.15, -0.1) is 0 Å². The maximum absolute atomic E-state index is 13.2. The third-order valence-corrected chi connectivity index (χ3v) is 3.87. The van der Waals surface area contributed by atoms with E-state index >= 15 is 0 Å². The summed E-state index contributed by atoms with van der Waals surface area (Å²) >= 11 is 0. The Labute approximate surface area is 135 Å². The predicted molar refractivity (Wildman–Crippen MR) is 80.5 cm³/mol. The van der Waals surface area contributed by atoms with E-state index in [4.69, 9.17) is 0 Å². The summed E-state index contributed by atoms with van der Waals surface area (Å²) in [5.74, 6) is -1.29. The molecule has 1 atom stereocenters. The molecule has 2 heterocycles. The van der Waals surface area contributed by atoms with Crippen molar-refractivity contribution in [2.45, 2.75) is 25.1 Å². The Morgan fingerprint density at radius 1 is 1.21 bits per heavy atom. The van der Waals surface area contributed by atoms with Crippen LogP contribution >= 0.6 is 0 Å². The summed E-state index contributed by atoms with van der Waals surface area (Å²) in [7, 11) is 0. The smallest absolute Gasteiger partial charge is 0.433 e. The van der Waals surface area contributed by atoms with Gasteiger partial charge in [-0.1, -0.05) is 30.3 Å². The zero-order chi connectivity index (χ0) is 17.3. The summed E-state index contributed by atoms with van der Waals surface area (Å²) in [6.45, 7) is 0.312.